The molecular formula is C10H14O2. The lowest BCUT2D eigenvalue weighted by Crippen LogP contribution is -2.52. The third-order valence-electron chi connectivity index (χ3n) is 3.63. The Labute approximate surface area is 72.5 Å². The Morgan fingerprint density at radius 2 is 2.08 bits per heavy atom. The molecule has 3 aliphatic rings. The number of rotatable bonds is 0. The number of ether oxygens (including phenoxy) is 2. The van der Waals surface area contributed by atoms with Crippen molar-refractivity contribution in [3.05, 3.63) is 12.2 Å². The molecule has 2 atom stereocenters. The van der Waals surface area contributed by atoms with Crippen LogP contribution in [-0.4, -0.2) is 19.0 Å². The molecule has 1 spiro atoms. The fourth-order valence-corrected chi connectivity index (χ4v) is 2.92. The molecule has 3 fully saturated rings. The van der Waals surface area contributed by atoms with Crippen molar-refractivity contribution in [3.8, 4) is 0 Å². The smallest absolute Gasteiger partial charge is 0.172 e. The average Bonchev–Trinajstić information content (AvgIpc) is 2.57. The van der Waals surface area contributed by atoms with Gasteiger partial charge in [-0.25, -0.2) is 0 Å². The summed E-state index contributed by atoms with van der Waals surface area (Å²) in [6.07, 6.45) is 3.48. The molecule has 12 heavy (non-hydrogen) atoms. The number of hydrogen-bond donors (Lipinski definition) is 0. The van der Waals surface area contributed by atoms with Crippen molar-refractivity contribution in [2.24, 2.45) is 11.8 Å². The molecule has 2 heteroatoms. The first-order chi connectivity index (χ1) is 5.82. The number of allylic oxidation sites excluding steroid dienone is 1. The van der Waals surface area contributed by atoms with E-state index in [2.05, 4.69) is 6.58 Å². The fourth-order valence-electron chi connectivity index (χ4n) is 2.92. The predicted molar refractivity (Wildman–Crippen MR) is 44.6 cm³/mol. The number of fused-ring (bicyclic) bond motifs is 2. The van der Waals surface area contributed by atoms with Gasteiger partial charge in [-0.2, -0.15) is 0 Å². The van der Waals surface area contributed by atoms with E-state index in [1.54, 1.807) is 0 Å². The summed E-state index contributed by atoms with van der Waals surface area (Å²) in [4.78, 5) is 0. The monoisotopic (exact) mass is 166 g/mol. The molecule has 2 aliphatic carbocycles. The molecule has 0 aromatic heterocycles. The molecule has 0 amide bonds. The van der Waals surface area contributed by atoms with E-state index in [-0.39, 0.29) is 5.79 Å². The first-order valence-electron chi connectivity index (χ1n) is 4.77. The van der Waals surface area contributed by atoms with Gasteiger partial charge in [-0.15, -0.1) is 0 Å². The Morgan fingerprint density at radius 3 is 2.75 bits per heavy atom. The first kappa shape index (κ1) is 7.10. The molecule has 0 unspecified atom stereocenters. The van der Waals surface area contributed by atoms with E-state index in [1.807, 2.05) is 0 Å². The molecule has 0 aromatic rings. The van der Waals surface area contributed by atoms with Crippen LogP contribution in [0.3, 0.4) is 0 Å². The van der Waals surface area contributed by atoms with E-state index >= 15 is 0 Å². The standard InChI is InChI=1S/C10H14O2/c1-7-2-3-9-8(7)6-10(9)11-4-5-12-10/h8-9H,1-6H2/t8-,9+/m0/s1. The summed E-state index contributed by atoms with van der Waals surface area (Å²) in [5, 5.41) is 0. The van der Waals surface area contributed by atoms with Gasteiger partial charge in [0.25, 0.3) is 0 Å². The van der Waals surface area contributed by atoms with Gasteiger partial charge in [0.1, 0.15) is 0 Å². The maximum absolute atomic E-state index is 5.68. The van der Waals surface area contributed by atoms with Crippen molar-refractivity contribution >= 4 is 0 Å². The van der Waals surface area contributed by atoms with Crippen molar-refractivity contribution in [1.82, 2.24) is 0 Å². The van der Waals surface area contributed by atoms with Crippen LogP contribution in [0.2, 0.25) is 0 Å². The van der Waals surface area contributed by atoms with Gasteiger partial charge in [0.2, 0.25) is 0 Å². The molecule has 0 radical (unpaired) electrons. The highest BCUT2D eigenvalue weighted by Gasteiger charge is 2.60. The normalized spacial score (nSPS) is 43.2. The van der Waals surface area contributed by atoms with Gasteiger partial charge < -0.3 is 9.47 Å². The Bertz CT molecular complexity index is 228. The third-order valence-corrected chi connectivity index (χ3v) is 3.63. The second-order valence-electron chi connectivity index (χ2n) is 4.12. The summed E-state index contributed by atoms with van der Waals surface area (Å²) in [5.74, 6) is 1.18. The third kappa shape index (κ3) is 0.679. The van der Waals surface area contributed by atoms with Crippen LogP contribution < -0.4 is 0 Å². The maximum Gasteiger partial charge on any atom is 0.172 e. The number of hydrogen-bond acceptors (Lipinski definition) is 2. The summed E-state index contributed by atoms with van der Waals surface area (Å²) in [6.45, 7) is 5.66. The van der Waals surface area contributed by atoms with E-state index in [0.717, 1.165) is 19.6 Å². The summed E-state index contributed by atoms with van der Waals surface area (Å²) >= 11 is 0. The van der Waals surface area contributed by atoms with Gasteiger partial charge in [0, 0.05) is 12.3 Å². The lowest BCUT2D eigenvalue weighted by molar-refractivity contribution is -0.262. The van der Waals surface area contributed by atoms with Crippen LogP contribution in [0.25, 0.3) is 0 Å². The zero-order chi connectivity index (χ0) is 8.18. The van der Waals surface area contributed by atoms with E-state index < -0.39 is 0 Å². The highest BCUT2D eigenvalue weighted by Crippen LogP contribution is 2.58. The predicted octanol–water partition coefficient (Wildman–Crippen LogP) is 1.72. The van der Waals surface area contributed by atoms with Gasteiger partial charge in [-0.1, -0.05) is 12.2 Å². The Morgan fingerprint density at radius 1 is 1.33 bits per heavy atom. The van der Waals surface area contributed by atoms with Gasteiger partial charge in [0.05, 0.1) is 13.2 Å². The second kappa shape index (κ2) is 2.12. The molecule has 2 nitrogen and oxygen atoms in total. The zero-order valence-corrected chi connectivity index (χ0v) is 7.21. The van der Waals surface area contributed by atoms with Gasteiger partial charge in [-0.3, -0.25) is 0 Å². The Balaban J connectivity index is 1.83. The van der Waals surface area contributed by atoms with Gasteiger partial charge >= 0.3 is 0 Å². The zero-order valence-electron chi connectivity index (χ0n) is 7.21. The fraction of sp³-hybridized carbons (Fsp3) is 0.800. The van der Waals surface area contributed by atoms with Crippen molar-refractivity contribution in [2.45, 2.75) is 25.0 Å². The minimum Gasteiger partial charge on any atom is -0.347 e. The van der Waals surface area contributed by atoms with Crippen molar-refractivity contribution < 1.29 is 9.47 Å². The van der Waals surface area contributed by atoms with Crippen LogP contribution in [0.15, 0.2) is 12.2 Å². The highest BCUT2D eigenvalue weighted by molar-refractivity contribution is 5.20. The molecule has 1 aliphatic heterocycles. The Kier molecular flexibility index (Phi) is 1.25. The highest BCUT2D eigenvalue weighted by atomic mass is 16.7. The molecule has 0 bridgehead atoms. The summed E-state index contributed by atoms with van der Waals surface area (Å²) in [5.41, 5.74) is 1.42. The molecular weight excluding hydrogens is 152 g/mol. The molecule has 0 N–H and O–H groups in total. The SMILES string of the molecule is C=C1CC[C@@H]2[C@H]1CC21OCCO1. The van der Waals surface area contributed by atoms with Gasteiger partial charge in [0.15, 0.2) is 5.79 Å². The van der Waals surface area contributed by atoms with Crippen molar-refractivity contribution in [3.63, 3.8) is 0 Å². The molecule has 2 saturated carbocycles. The topological polar surface area (TPSA) is 18.5 Å². The largest absolute Gasteiger partial charge is 0.347 e. The molecule has 1 heterocycles. The minimum absolute atomic E-state index is 0.163. The first-order valence-corrected chi connectivity index (χ1v) is 4.77. The summed E-state index contributed by atoms with van der Waals surface area (Å²) in [7, 11) is 0. The maximum atomic E-state index is 5.68. The van der Waals surface area contributed by atoms with E-state index in [9.17, 15) is 0 Å². The average molecular weight is 166 g/mol. The van der Waals surface area contributed by atoms with Crippen molar-refractivity contribution in [2.75, 3.05) is 13.2 Å². The van der Waals surface area contributed by atoms with Crippen LogP contribution in [-0.2, 0) is 9.47 Å². The minimum atomic E-state index is -0.163. The van der Waals surface area contributed by atoms with Crippen LogP contribution in [0.4, 0.5) is 0 Å². The van der Waals surface area contributed by atoms with Crippen LogP contribution in [0.1, 0.15) is 19.3 Å². The second-order valence-corrected chi connectivity index (χ2v) is 4.12. The molecule has 1 saturated heterocycles. The van der Waals surface area contributed by atoms with E-state index in [0.29, 0.717) is 11.8 Å². The lowest BCUT2D eigenvalue weighted by atomic mass is 9.69. The van der Waals surface area contributed by atoms with Crippen LogP contribution in [0, 0.1) is 11.8 Å². The summed E-state index contributed by atoms with van der Waals surface area (Å²) < 4.78 is 11.4. The van der Waals surface area contributed by atoms with Crippen LogP contribution in [0.5, 0.6) is 0 Å². The van der Waals surface area contributed by atoms with Crippen LogP contribution >= 0.6 is 0 Å². The van der Waals surface area contributed by atoms with E-state index in [4.69, 9.17) is 9.47 Å². The molecule has 66 valence electrons. The molecule has 0 aromatic carbocycles. The van der Waals surface area contributed by atoms with E-state index in [1.165, 1.54) is 18.4 Å². The molecule has 3 rings (SSSR count). The quantitative estimate of drug-likeness (QED) is 0.510. The van der Waals surface area contributed by atoms with Gasteiger partial charge in [-0.05, 0) is 18.8 Å². The lowest BCUT2D eigenvalue weighted by Gasteiger charge is -2.48. The van der Waals surface area contributed by atoms with Crippen molar-refractivity contribution in [1.29, 1.82) is 0 Å². The Hall–Kier alpha value is -0.340. The summed E-state index contributed by atoms with van der Waals surface area (Å²) in [6, 6.07) is 0.